The Labute approximate surface area is 180 Å². The van der Waals surface area contributed by atoms with Gasteiger partial charge in [-0.2, -0.15) is 14.8 Å². The van der Waals surface area contributed by atoms with E-state index in [0.717, 1.165) is 17.9 Å². The molecule has 0 aliphatic carbocycles. The Kier molecular flexibility index (Phi) is 8.12. The highest BCUT2D eigenvalue weighted by Crippen LogP contribution is 2.52. The molecule has 13 heteroatoms. The summed E-state index contributed by atoms with van der Waals surface area (Å²) in [5.74, 6) is 0. The van der Waals surface area contributed by atoms with Crippen LogP contribution in [0.4, 0.5) is 4.32 Å². The molecule has 8 nitrogen and oxygen atoms in total. The second-order valence-electron chi connectivity index (χ2n) is 7.82. The largest absolute Gasteiger partial charge is 0.494 e. The minimum absolute atomic E-state index is 0.00544. The van der Waals surface area contributed by atoms with Crippen molar-refractivity contribution in [2.45, 2.75) is 40.3 Å². The Balaban J connectivity index is 2.48. The van der Waals surface area contributed by atoms with Crippen LogP contribution < -0.4 is 10.9 Å². The van der Waals surface area contributed by atoms with Crippen LogP contribution in [0.5, 0.6) is 0 Å². The normalized spacial score (nSPS) is 17.5. The van der Waals surface area contributed by atoms with Crippen molar-refractivity contribution in [2.24, 2.45) is 0 Å². The molecule has 0 radical (unpaired) electrons. The van der Waals surface area contributed by atoms with Gasteiger partial charge in [0.15, 0.2) is 0 Å². The van der Waals surface area contributed by atoms with Crippen LogP contribution in [0.25, 0.3) is 0 Å². The topological polar surface area (TPSA) is 134 Å². The van der Waals surface area contributed by atoms with Gasteiger partial charge < -0.3 is 18.7 Å². The highest BCUT2D eigenvalue weighted by Gasteiger charge is 2.43. The average molecular weight is 473 g/mol. The predicted octanol–water partition coefficient (Wildman–Crippen LogP) is 3.58. The Morgan fingerprint density at radius 1 is 1.06 bits per heavy atom. The lowest BCUT2D eigenvalue weighted by Crippen LogP contribution is -2.43. The lowest BCUT2D eigenvalue weighted by atomic mass is 9.62. The van der Waals surface area contributed by atoms with E-state index in [4.69, 9.17) is 10.5 Å². The van der Waals surface area contributed by atoms with E-state index < -0.39 is 27.5 Å². The molecule has 0 bridgehead atoms. The van der Waals surface area contributed by atoms with Crippen molar-refractivity contribution in [3.8, 4) is 0 Å². The number of benzene rings is 2. The van der Waals surface area contributed by atoms with E-state index >= 15 is 4.32 Å². The van der Waals surface area contributed by atoms with Crippen LogP contribution in [-0.2, 0) is 31.3 Å². The first-order chi connectivity index (χ1) is 14.3. The van der Waals surface area contributed by atoms with Gasteiger partial charge in [-0.05, 0) is 30.9 Å². The molecule has 0 saturated carbocycles. The molecule has 0 aliphatic rings. The molecule has 0 saturated heterocycles. The summed E-state index contributed by atoms with van der Waals surface area (Å²) in [6.45, 7) is 5.93. The van der Waals surface area contributed by atoms with Crippen LogP contribution >= 0.6 is 14.9 Å². The van der Waals surface area contributed by atoms with Crippen molar-refractivity contribution in [1.82, 2.24) is 0 Å². The summed E-state index contributed by atoms with van der Waals surface area (Å²) >= 11 is 0. The fourth-order valence-corrected chi connectivity index (χ4v) is 5.10. The van der Waals surface area contributed by atoms with Crippen LogP contribution in [0.15, 0.2) is 36.4 Å². The second-order valence-corrected chi connectivity index (χ2v) is 12.2. The maximum absolute atomic E-state index is 15.3. The Morgan fingerprint density at radius 3 is 2.19 bits per heavy atom. The third-order valence-corrected chi connectivity index (χ3v) is 8.93. The highest BCUT2D eigenvalue weighted by atomic mass is 31.2. The van der Waals surface area contributed by atoms with Gasteiger partial charge in [-0.1, -0.05) is 66.7 Å². The highest BCUT2D eigenvalue weighted by molar-refractivity contribution is 7.93. The van der Waals surface area contributed by atoms with Gasteiger partial charge in [0, 0.05) is 0 Å². The molecule has 0 aromatic heterocycles. The molecule has 0 aliphatic heterocycles. The molecular formula is C18H26B2FO8P2-. The third-order valence-electron chi connectivity index (χ3n) is 5.70. The minimum atomic E-state index is -4.94. The first-order valence-corrected chi connectivity index (χ1v) is 13.0. The predicted molar refractivity (Wildman–Crippen MR) is 120 cm³/mol. The van der Waals surface area contributed by atoms with Crippen molar-refractivity contribution in [3.05, 3.63) is 58.7 Å². The molecule has 2 aromatic rings. The first kappa shape index (κ1) is 26.0. The number of aryl methyl sites for hydroxylation is 2. The third kappa shape index (κ3) is 5.38. The SMILES string of the molecule is CCc1ccc(Cc2ccc(C)c(B(C)P(=O)(O)OO)c2)cc1[B-](C)(F)P(=O)(O)OO. The Bertz CT molecular complexity index is 1050. The van der Waals surface area contributed by atoms with E-state index in [1.165, 1.54) is 12.9 Å². The molecule has 0 heterocycles. The smallest absolute Gasteiger partial charge is 0.320 e. The average Bonchev–Trinajstić information content (AvgIpc) is 2.74. The monoisotopic (exact) mass is 473 g/mol. The van der Waals surface area contributed by atoms with E-state index in [2.05, 4.69) is 9.35 Å². The van der Waals surface area contributed by atoms with Crippen molar-refractivity contribution < 1.29 is 43.1 Å². The van der Waals surface area contributed by atoms with E-state index in [1.54, 1.807) is 44.2 Å². The quantitative estimate of drug-likeness (QED) is 0.188. The van der Waals surface area contributed by atoms with Crippen LogP contribution in [0, 0.1) is 6.92 Å². The lowest BCUT2D eigenvalue weighted by molar-refractivity contribution is -0.142. The number of hydrogen-bond donors (Lipinski definition) is 4. The summed E-state index contributed by atoms with van der Waals surface area (Å²) in [6.07, 6.45) is -3.89. The van der Waals surface area contributed by atoms with E-state index in [0.29, 0.717) is 29.4 Å². The zero-order valence-corrected chi connectivity index (χ0v) is 19.5. The van der Waals surface area contributed by atoms with Crippen LogP contribution in [0.2, 0.25) is 13.6 Å². The standard InChI is InChI=1S/C18H26B2FO8P2/c1-5-16-9-8-15(12-18(16)20(4,21)31(26,27)29-23)10-14-7-6-13(2)17(11-14)19(3)30(24,25)28-22/h6-9,11-12,22-23H,5,10H2,1-4H3,(H,24,25)(H,26,27)/q-1. The molecule has 2 aromatic carbocycles. The second kappa shape index (κ2) is 9.69. The van der Waals surface area contributed by atoms with E-state index in [9.17, 15) is 18.9 Å². The van der Waals surface area contributed by atoms with Gasteiger partial charge >= 0.3 is 20.0 Å². The Hall–Kier alpha value is -1.28. The first-order valence-electron chi connectivity index (χ1n) is 9.71. The van der Waals surface area contributed by atoms with Crippen LogP contribution in [0.1, 0.15) is 29.2 Å². The maximum atomic E-state index is 15.3. The molecule has 3 unspecified atom stereocenters. The zero-order valence-electron chi connectivity index (χ0n) is 17.7. The summed E-state index contributed by atoms with van der Waals surface area (Å²) < 4.78 is 46.8. The summed E-state index contributed by atoms with van der Waals surface area (Å²) in [6, 6.07) is 10.1. The van der Waals surface area contributed by atoms with E-state index in [1.807, 2.05) is 0 Å². The van der Waals surface area contributed by atoms with Gasteiger partial charge in [0.1, 0.15) is 0 Å². The molecule has 170 valence electrons. The molecule has 0 fully saturated rings. The summed E-state index contributed by atoms with van der Waals surface area (Å²) in [4.78, 5) is 19.6. The van der Waals surface area contributed by atoms with Crippen molar-refractivity contribution >= 4 is 38.4 Å². The summed E-state index contributed by atoms with van der Waals surface area (Å²) in [5.41, 5.74) is 3.11. The lowest BCUT2D eigenvalue weighted by Gasteiger charge is -2.33. The maximum Gasteiger partial charge on any atom is 0.320 e. The van der Waals surface area contributed by atoms with E-state index in [-0.39, 0.29) is 5.46 Å². The molecule has 2 rings (SSSR count). The number of rotatable bonds is 9. The molecule has 31 heavy (non-hydrogen) atoms. The van der Waals surface area contributed by atoms with Crippen LogP contribution in [0.3, 0.4) is 0 Å². The van der Waals surface area contributed by atoms with Gasteiger partial charge in [-0.15, -0.1) is 6.82 Å². The zero-order chi connectivity index (χ0) is 23.6. The molecule has 0 amide bonds. The molecule has 0 spiro atoms. The fraction of sp³-hybridized carbons (Fsp3) is 0.333. The molecule has 3 atom stereocenters. The van der Waals surface area contributed by atoms with Gasteiger partial charge in [0.2, 0.25) is 7.47 Å². The van der Waals surface area contributed by atoms with Crippen molar-refractivity contribution in [2.75, 3.05) is 0 Å². The van der Waals surface area contributed by atoms with Crippen LogP contribution in [-0.4, -0.2) is 32.9 Å². The number of hydrogen-bond acceptors (Lipinski definition) is 6. The number of halogens is 1. The van der Waals surface area contributed by atoms with Gasteiger partial charge in [-0.3, -0.25) is 4.57 Å². The van der Waals surface area contributed by atoms with Gasteiger partial charge in [-0.25, -0.2) is 10.5 Å². The summed E-state index contributed by atoms with van der Waals surface area (Å²) in [5, 5.41) is 17.5. The van der Waals surface area contributed by atoms with Crippen molar-refractivity contribution in [1.29, 1.82) is 0 Å². The minimum Gasteiger partial charge on any atom is -0.494 e. The van der Waals surface area contributed by atoms with Crippen molar-refractivity contribution in [3.63, 3.8) is 0 Å². The Morgan fingerprint density at radius 2 is 1.65 bits per heavy atom. The molecular weight excluding hydrogens is 447 g/mol. The summed E-state index contributed by atoms with van der Waals surface area (Å²) in [7, 11) is -9.20. The van der Waals surface area contributed by atoms with Gasteiger partial charge in [0.05, 0.1) is 0 Å². The fourth-order valence-electron chi connectivity index (χ4n) is 3.56. The van der Waals surface area contributed by atoms with Gasteiger partial charge in [0.25, 0.3) is 0 Å². The molecule has 4 N–H and O–H groups in total.